The highest BCUT2D eigenvalue weighted by atomic mass is 32.1. The summed E-state index contributed by atoms with van der Waals surface area (Å²) in [5.41, 5.74) is 7.11. The van der Waals surface area contributed by atoms with Crippen LogP contribution in [0.15, 0.2) is 48.5 Å². The molecule has 0 radical (unpaired) electrons. The summed E-state index contributed by atoms with van der Waals surface area (Å²) >= 11 is 5.04. The van der Waals surface area contributed by atoms with Crippen LogP contribution in [0.2, 0.25) is 0 Å². The normalized spacial score (nSPS) is 11.5. The number of hydrogen-bond acceptors (Lipinski definition) is 2. The molecule has 132 valence electrons. The van der Waals surface area contributed by atoms with E-state index in [1.165, 1.54) is 6.07 Å². The number of benzene rings is 2. The first-order valence-electron chi connectivity index (χ1n) is 8.21. The Morgan fingerprint density at radius 3 is 2.52 bits per heavy atom. The molecule has 1 atom stereocenters. The van der Waals surface area contributed by atoms with E-state index in [4.69, 9.17) is 12.2 Å². The molecular formula is C19H22FN3OS. The van der Waals surface area contributed by atoms with Gasteiger partial charge in [-0.3, -0.25) is 15.6 Å². The van der Waals surface area contributed by atoms with Crippen LogP contribution in [0.1, 0.15) is 31.7 Å². The first-order chi connectivity index (χ1) is 12.0. The van der Waals surface area contributed by atoms with Crippen molar-refractivity contribution in [2.24, 2.45) is 0 Å². The van der Waals surface area contributed by atoms with Gasteiger partial charge in [0, 0.05) is 12.1 Å². The van der Waals surface area contributed by atoms with Gasteiger partial charge < -0.3 is 5.32 Å². The third kappa shape index (κ3) is 5.26. The zero-order chi connectivity index (χ0) is 18.2. The monoisotopic (exact) mass is 359 g/mol. The van der Waals surface area contributed by atoms with Gasteiger partial charge in [-0.1, -0.05) is 49.4 Å². The average molecular weight is 359 g/mol. The molecule has 0 spiro atoms. The van der Waals surface area contributed by atoms with Crippen molar-refractivity contribution in [2.45, 2.75) is 26.2 Å². The molecule has 3 N–H and O–H groups in total. The van der Waals surface area contributed by atoms with Crippen LogP contribution in [0.4, 0.5) is 4.39 Å². The van der Waals surface area contributed by atoms with Gasteiger partial charge in [0.05, 0.1) is 5.92 Å². The molecule has 0 bridgehead atoms. The highest BCUT2D eigenvalue weighted by Gasteiger charge is 2.17. The van der Waals surface area contributed by atoms with Crippen molar-refractivity contribution < 1.29 is 9.18 Å². The number of rotatable bonds is 5. The molecule has 1 amide bonds. The van der Waals surface area contributed by atoms with Crippen molar-refractivity contribution in [2.75, 3.05) is 6.54 Å². The number of hydrazine groups is 1. The Labute approximate surface area is 152 Å². The molecule has 2 aromatic rings. The molecule has 1 unspecified atom stereocenters. The first-order valence-corrected chi connectivity index (χ1v) is 8.62. The number of amides is 1. The highest BCUT2D eigenvalue weighted by Crippen LogP contribution is 2.26. The second-order valence-corrected chi connectivity index (χ2v) is 6.11. The predicted molar refractivity (Wildman–Crippen MR) is 102 cm³/mol. The Hall–Kier alpha value is -2.47. The van der Waals surface area contributed by atoms with Crippen LogP contribution in [0, 0.1) is 5.82 Å². The van der Waals surface area contributed by atoms with E-state index in [0.29, 0.717) is 16.2 Å². The van der Waals surface area contributed by atoms with Crippen LogP contribution >= 0.6 is 12.2 Å². The maximum absolute atomic E-state index is 14.4. The number of carbonyl (C=O) groups excluding carboxylic acids is 1. The van der Waals surface area contributed by atoms with Gasteiger partial charge in [0.15, 0.2) is 5.11 Å². The Balaban J connectivity index is 2.02. The highest BCUT2D eigenvalue weighted by molar-refractivity contribution is 7.80. The van der Waals surface area contributed by atoms with Crippen LogP contribution in [-0.2, 0) is 4.79 Å². The fourth-order valence-electron chi connectivity index (χ4n) is 2.31. The van der Waals surface area contributed by atoms with E-state index >= 15 is 0 Å². The summed E-state index contributed by atoms with van der Waals surface area (Å²) in [7, 11) is 0. The lowest BCUT2D eigenvalue weighted by molar-refractivity contribution is -0.122. The minimum Gasteiger partial charge on any atom is -0.361 e. The Morgan fingerprint density at radius 1 is 1.16 bits per heavy atom. The zero-order valence-electron chi connectivity index (χ0n) is 14.3. The summed E-state index contributed by atoms with van der Waals surface area (Å²) in [6.07, 6.45) is 0.930. The summed E-state index contributed by atoms with van der Waals surface area (Å²) in [6, 6.07) is 14.2. The van der Waals surface area contributed by atoms with Crippen molar-refractivity contribution in [1.82, 2.24) is 16.2 Å². The molecule has 0 aromatic heterocycles. The van der Waals surface area contributed by atoms with Crippen LogP contribution in [-0.4, -0.2) is 17.6 Å². The maximum atomic E-state index is 14.4. The maximum Gasteiger partial charge on any atom is 0.245 e. The van der Waals surface area contributed by atoms with Crippen LogP contribution in [0.5, 0.6) is 0 Å². The molecule has 0 aliphatic carbocycles. The Bertz CT molecular complexity index is 737. The number of halogens is 1. The summed E-state index contributed by atoms with van der Waals surface area (Å²) in [5, 5.41) is 3.30. The molecule has 25 heavy (non-hydrogen) atoms. The molecule has 0 fully saturated rings. The quantitative estimate of drug-likeness (QED) is 0.565. The van der Waals surface area contributed by atoms with E-state index in [9.17, 15) is 9.18 Å². The first kappa shape index (κ1) is 18.9. The molecule has 0 saturated heterocycles. The minimum atomic E-state index is -0.513. The molecule has 0 saturated carbocycles. The molecule has 0 heterocycles. The molecule has 6 heteroatoms. The van der Waals surface area contributed by atoms with Crippen LogP contribution in [0.25, 0.3) is 11.1 Å². The van der Waals surface area contributed by atoms with Gasteiger partial charge in [-0.2, -0.15) is 0 Å². The Kier molecular flexibility index (Phi) is 6.89. The Morgan fingerprint density at radius 2 is 1.88 bits per heavy atom. The predicted octanol–water partition coefficient (Wildman–Crippen LogP) is 3.50. The van der Waals surface area contributed by atoms with Gasteiger partial charge in [0.2, 0.25) is 5.91 Å². The van der Waals surface area contributed by atoms with Crippen molar-refractivity contribution in [3.05, 3.63) is 59.9 Å². The fourth-order valence-corrected chi connectivity index (χ4v) is 2.47. The largest absolute Gasteiger partial charge is 0.361 e. The van der Waals surface area contributed by atoms with Crippen molar-refractivity contribution in [3.8, 4) is 11.1 Å². The number of nitrogens with one attached hydrogen (secondary N) is 3. The van der Waals surface area contributed by atoms with Gasteiger partial charge in [-0.05, 0) is 42.8 Å². The third-order valence-corrected chi connectivity index (χ3v) is 4.05. The van der Waals surface area contributed by atoms with E-state index in [1.54, 1.807) is 19.1 Å². The SMILES string of the molecule is CCCNC(=S)NNC(=O)C(C)c1ccc(-c2ccccc2)c(F)c1. The van der Waals surface area contributed by atoms with Gasteiger partial charge in [-0.25, -0.2) is 4.39 Å². The number of thiocarbonyl (C=S) groups is 1. The molecule has 2 rings (SSSR count). The fraction of sp³-hybridized carbons (Fsp3) is 0.263. The second-order valence-electron chi connectivity index (χ2n) is 5.70. The van der Waals surface area contributed by atoms with E-state index in [1.807, 2.05) is 37.3 Å². The standard InChI is InChI=1S/C19H22FN3OS/c1-3-11-21-19(25)23-22-18(24)13(2)15-9-10-16(17(20)12-15)14-7-5-4-6-8-14/h4-10,12-13H,3,11H2,1-2H3,(H,22,24)(H2,21,23,25). The molecule has 0 aliphatic heterocycles. The summed E-state index contributed by atoms with van der Waals surface area (Å²) < 4.78 is 14.4. The smallest absolute Gasteiger partial charge is 0.245 e. The van der Waals surface area contributed by atoms with E-state index in [0.717, 1.165) is 18.5 Å². The second kappa shape index (κ2) is 9.13. The summed E-state index contributed by atoms with van der Waals surface area (Å²) in [4.78, 5) is 12.2. The zero-order valence-corrected chi connectivity index (χ0v) is 15.1. The topological polar surface area (TPSA) is 53.2 Å². The van der Waals surface area contributed by atoms with E-state index in [-0.39, 0.29) is 11.7 Å². The average Bonchev–Trinajstić information content (AvgIpc) is 2.64. The van der Waals surface area contributed by atoms with E-state index in [2.05, 4.69) is 16.2 Å². The number of carbonyl (C=O) groups is 1. The van der Waals surface area contributed by atoms with E-state index < -0.39 is 5.92 Å². The lowest BCUT2D eigenvalue weighted by atomic mass is 9.96. The number of hydrogen-bond donors (Lipinski definition) is 3. The summed E-state index contributed by atoms with van der Waals surface area (Å²) in [5.74, 6) is -1.15. The lowest BCUT2D eigenvalue weighted by Gasteiger charge is -2.16. The van der Waals surface area contributed by atoms with Crippen molar-refractivity contribution >= 4 is 23.2 Å². The third-order valence-electron chi connectivity index (χ3n) is 3.81. The minimum absolute atomic E-state index is 0.285. The summed E-state index contributed by atoms with van der Waals surface area (Å²) in [6.45, 7) is 4.46. The lowest BCUT2D eigenvalue weighted by Crippen LogP contribution is -2.48. The molecule has 2 aromatic carbocycles. The van der Waals surface area contributed by atoms with Crippen LogP contribution < -0.4 is 16.2 Å². The molecule has 0 aliphatic rings. The van der Waals surface area contributed by atoms with Gasteiger partial charge in [-0.15, -0.1) is 0 Å². The van der Waals surface area contributed by atoms with Gasteiger partial charge in [0.25, 0.3) is 0 Å². The molecular weight excluding hydrogens is 337 g/mol. The molecule has 4 nitrogen and oxygen atoms in total. The van der Waals surface area contributed by atoms with Gasteiger partial charge >= 0.3 is 0 Å². The van der Waals surface area contributed by atoms with Crippen molar-refractivity contribution in [1.29, 1.82) is 0 Å². The van der Waals surface area contributed by atoms with Crippen molar-refractivity contribution in [3.63, 3.8) is 0 Å². The van der Waals surface area contributed by atoms with Crippen LogP contribution in [0.3, 0.4) is 0 Å². The van der Waals surface area contributed by atoms with Gasteiger partial charge in [0.1, 0.15) is 5.82 Å².